The predicted molar refractivity (Wildman–Crippen MR) is 155 cm³/mol. The first-order valence-corrected chi connectivity index (χ1v) is 13.8. The van der Waals surface area contributed by atoms with Crippen LogP contribution >= 0.6 is 11.8 Å². The van der Waals surface area contributed by atoms with Gasteiger partial charge >= 0.3 is 0 Å². The van der Waals surface area contributed by atoms with Gasteiger partial charge in [-0.25, -0.2) is 0 Å². The molecule has 5 rings (SSSR count). The van der Waals surface area contributed by atoms with E-state index in [0.717, 1.165) is 57.2 Å². The number of hydrogen-bond donors (Lipinski definition) is 0. The largest absolute Gasteiger partial charge is 0.341 e. The van der Waals surface area contributed by atoms with Gasteiger partial charge in [0.2, 0.25) is 0 Å². The number of nitrogens with zero attached hydrogens (tertiary/aromatic N) is 1. The number of Topliss-reactive ketones (excluding diaryl/α,β-unsaturated/α-hetero) is 1. The van der Waals surface area contributed by atoms with Crippen LogP contribution in [0.3, 0.4) is 0 Å². The Balaban J connectivity index is 1.40. The maximum atomic E-state index is 13.3. The van der Waals surface area contributed by atoms with E-state index in [1.807, 2.05) is 61.5 Å². The molecular weight excluding hydrogens is 474 g/mol. The molecule has 0 radical (unpaired) electrons. The molecule has 4 aromatic carbocycles. The van der Waals surface area contributed by atoms with Crippen LogP contribution < -0.4 is 0 Å². The van der Waals surface area contributed by atoms with E-state index >= 15 is 0 Å². The summed E-state index contributed by atoms with van der Waals surface area (Å²) in [5.41, 5.74) is 6.52. The minimum atomic E-state index is 0.0238. The van der Waals surface area contributed by atoms with E-state index in [2.05, 4.69) is 48.7 Å². The minimum absolute atomic E-state index is 0.0238. The zero-order chi connectivity index (χ0) is 25.9. The fourth-order valence-electron chi connectivity index (χ4n) is 4.94. The summed E-state index contributed by atoms with van der Waals surface area (Å²) in [5.74, 6) is 1.10. The highest BCUT2D eigenvalue weighted by Gasteiger charge is 2.17. The summed E-state index contributed by atoms with van der Waals surface area (Å²) >= 11 is 1.79. The molecule has 0 bridgehead atoms. The Bertz CT molecular complexity index is 1610. The first-order valence-electron chi connectivity index (χ1n) is 12.8. The molecule has 0 aliphatic heterocycles. The summed E-state index contributed by atoms with van der Waals surface area (Å²) in [4.78, 5) is 27.6. The third-order valence-corrected chi connectivity index (χ3v) is 8.09. The molecule has 0 aliphatic rings. The molecule has 1 heterocycles. The van der Waals surface area contributed by atoms with E-state index < -0.39 is 0 Å². The molecule has 0 amide bonds. The van der Waals surface area contributed by atoms with Gasteiger partial charge in [-0.05, 0) is 87.0 Å². The van der Waals surface area contributed by atoms with E-state index in [1.165, 1.54) is 10.5 Å². The van der Waals surface area contributed by atoms with Gasteiger partial charge in [-0.2, -0.15) is 0 Å². The highest BCUT2D eigenvalue weighted by molar-refractivity contribution is 7.99. The number of ketones is 2. The maximum absolute atomic E-state index is 13.3. The van der Waals surface area contributed by atoms with Crippen LogP contribution in [-0.2, 0) is 6.54 Å². The summed E-state index contributed by atoms with van der Waals surface area (Å²) < 4.78 is 2.25. The van der Waals surface area contributed by atoms with Crippen LogP contribution in [0.2, 0.25) is 0 Å². The van der Waals surface area contributed by atoms with E-state index in [1.54, 1.807) is 11.8 Å². The number of benzene rings is 4. The third kappa shape index (κ3) is 5.12. The van der Waals surface area contributed by atoms with E-state index in [4.69, 9.17) is 0 Å². The molecule has 0 N–H and O–H groups in total. The van der Waals surface area contributed by atoms with Crippen LogP contribution in [0.1, 0.15) is 57.2 Å². The molecular formula is C33H31NO2S. The molecule has 0 fully saturated rings. The van der Waals surface area contributed by atoms with Gasteiger partial charge in [0.1, 0.15) is 0 Å². The Kier molecular flexibility index (Phi) is 7.29. The lowest BCUT2D eigenvalue weighted by molar-refractivity contribution is 0.0981. The van der Waals surface area contributed by atoms with Crippen LogP contribution in [-0.4, -0.2) is 21.9 Å². The van der Waals surface area contributed by atoms with Crippen molar-refractivity contribution in [3.8, 4) is 0 Å². The van der Waals surface area contributed by atoms with Crippen molar-refractivity contribution in [2.75, 3.05) is 5.75 Å². The molecule has 0 atom stereocenters. The predicted octanol–water partition coefficient (Wildman–Crippen LogP) is 8.42. The summed E-state index contributed by atoms with van der Waals surface area (Å²) in [6, 6.07) is 28.2. The number of carbonyl (C=O) groups excluding carboxylic acids is 2. The van der Waals surface area contributed by atoms with Crippen molar-refractivity contribution in [3.05, 3.63) is 113 Å². The van der Waals surface area contributed by atoms with Gasteiger partial charge in [0.15, 0.2) is 11.6 Å². The maximum Gasteiger partial charge on any atom is 0.193 e. The van der Waals surface area contributed by atoms with Crippen molar-refractivity contribution < 1.29 is 9.59 Å². The first-order chi connectivity index (χ1) is 18.0. The molecule has 0 spiro atoms. The Hall–Kier alpha value is -3.63. The normalized spacial score (nSPS) is 11.3. The summed E-state index contributed by atoms with van der Waals surface area (Å²) in [6.45, 7) is 6.99. The van der Waals surface area contributed by atoms with Crippen LogP contribution in [0.4, 0.5) is 0 Å². The highest BCUT2D eigenvalue weighted by atomic mass is 32.2. The lowest BCUT2D eigenvalue weighted by Crippen LogP contribution is -2.03. The van der Waals surface area contributed by atoms with Crippen molar-refractivity contribution >= 4 is 45.1 Å². The average molecular weight is 506 g/mol. The zero-order valence-electron chi connectivity index (χ0n) is 21.6. The van der Waals surface area contributed by atoms with Crippen molar-refractivity contribution in [2.45, 2.75) is 45.1 Å². The van der Waals surface area contributed by atoms with E-state index in [9.17, 15) is 9.59 Å². The fourth-order valence-corrected chi connectivity index (χ4v) is 5.80. The van der Waals surface area contributed by atoms with Gasteiger partial charge in [-0.15, -0.1) is 11.8 Å². The lowest BCUT2D eigenvalue weighted by Gasteiger charge is -2.06. The summed E-state index contributed by atoms with van der Waals surface area (Å²) in [7, 11) is 0. The Labute approximate surface area is 222 Å². The second-order valence-electron chi connectivity index (χ2n) is 9.54. The van der Waals surface area contributed by atoms with Crippen molar-refractivity contribution in [3.63, 3.8) is 0 Å². The summed E-state index contributed by atoms with van der Waals surface area (Å²) in [5, 5.41) is 2.04. The zero-order valence-corrected chi connectivity index (χ0v) is 22.4. The molecule has 186 valence electrons. The van der Waals surface area contributed by atoms with Crippen LogP contribution in [0.5, 0.6) is 0 Å². The van der Waals surface area contributed by atoms with Gasteiger partial charge < -0.3 is 4.57 Å². The van der Waals surface area contributed by atoms with Crippen LogP contribution in [0.25, 0.3) is 21.8 Å². The Morgan fingerprint density at radius 2 is 1.43 bits per heavy atom. The first kappa shape index (κ1) is 25.0. The number of aryl methyl sites for hydroxylation is 3. The molecule has 3 nitrogen and oxygen atoms in total. The molecule has 1 aromatic heterocycles. The lowest BCUT2D eigenvalue weighted by atomic mass is 9.97. The van der Waals surface area contributed by atoms with Crippen molar-refractivity contribution in [1.29, 1.82) is 0 Å². The number of thioether (sulfide) groups is 1. The SMILES string of the molecule is CCn1c2ccc(C(=O)CCCSc3ccc(C)cc3)cc2c2cc(C(=O)c3ccccc3C)ccc21. The molecule has 4 heteroatoms. The smallest absolute Gasteiger partial charge is 0.193 e. The topological polar surface area (TPSA) is 39.1 Å². The second-order valence-corrected chi connectivity index (χ2v) is 10.7. The van der Waals surface area contributed by atoms with Crippen LogP contribution in [0, 0.1) is 13.8 Å². The van der Waals surface area contributed by atoms with Crippen molar-refractivity contribution in [1.82, 2.24) is 4.57 Å². The quantitative estimate of drug-likeness (QED) is 0.115. The molecule has 37 heavy (non-hydrogen) atoms. The standard InChI is InChI=1S/C33H31NO2S/c1-4-34-30-17-13-24(32(35)10-7-19-37-26-15-11-22(2)12-16-26)20-28(30)29-21-25(14-18-31(29)34)33(36)27-9-6-5-8-23(27)3/h5-6,8-9,11-18,20-21H,4,7,10,19H2,1-3H3. The number of aromatic nitrogens is 1. The minimum Gasteiger partial charge on any atom is -0.341 e. The molecule has 0 aliphatic carbocycles. The number of rotatable bonds is 9. The highest BCUT2D eigenvalue weighted by Crippen LogP contribution is 2.32. The van der Waals surface area contributed by atoms with E-state index in [0.29, 0.717) is 12.0 Å². The van der Waals surface area contributed by atoms with Crippen molar-refractivity contribution in [2.24, 2.45) is 0 Å². The fraction of sp³-hybridized carbons (Fsp3) is 0.212. The van der Waals surface area contributed by atoms with Gasteiger partial charge in [-0.3, -0.25) is 9.59 Å². The third-order valence-electron chi connectivity index (χ3n) is 6.99. The van der Waals surface area contributed by atoms with Gasteiger partial charge in [-0.1, -0.05) is 42.0 Å². The van der Waals surface area contributed by atoms with Crippen LogP contribution in [0.15, 0.2) is 89.8 Å². The van der Waals surface area contributed by atoms with E-state index in [-0.39, 0.29) is 11.6 Å². The number of fused-ring (bicyclic) bond motifs is 3. The number of hydrogen-bond acceptors (Lipinski definition) is 3. The Morgan fingerprint density at radius 3 is 2.11 bits per heavy atom. The molecule has 0 saturated heterocycles. The molecule has 0 unspecified atom stereocenters. The number of carbonyl (C=O) groups is 2. The van der Waals surface area contributed by atoms with Gasteiger partial charge in [0, 0.05) is 56.4 Å². The molecule has 5 aromatic rings. The van der Waals surface area contributed by atoms with Gasteiger partial charge in [0.25, 0.3) is 0 Å². The Morgan fingerprint density at radius 1 is 0.784 bits per heavy atom. The molecule has 0 saturated carbocycles. The summed E-state index contributed by atoms with van der Waals surface area (Å²) in [6.07, 6.45) is 1.36. The van der Waals surface area contributed by atoms with Gasteiger partial charge in [0.05, 0.1) is 0 Å². The monoisotopic (exact) mass is 505 g/mol. The second kappa shape index (κ2) is 10.8. The average Bonchev–Trinajstić information content (AvgIpc) is 3.24.